The zero-order valence-corrected chi connectivity index (χ0v) is 15.3. The van der Waals surface area contributed by atoms with Crippen LogP contribution in [0.2, 0.25) is 0 Å². The van der Waals surface area contributed by atoms with Gasteiger partial charge in [-0.3, -0.25) is 9.59 Å². The lowest BCUT2D eigenvalue weighted by atomic mass is 10.0. The van der Waals surface area contributed by atoms with Gasteiger partial charge >= 0.3 is 0 Å². The van der Waals surface area contributed by atoms with Crippen molar-refractivity contribution in [2.75, 3.05) is 12.4 Å². The Balaban J connectivity index is 1.72. The van der Waals surface area contributed by atoms with Crippen molar-refractivity contribution in [2.24, 2.45) is 0 Å². The molecule has 1 atom stereocenters. The Kier molecular flexibility index (Phi) is 5.48. The first-order valence-corrected chi connectivity index (χ1v) is 8.93. The van der Waals surface area contributed by atoms with Gasteiger partial charge in [0.15, 0.2) is 5.13 Å². The number of anilines is 1. The number of thiazole rings is 1. The summed E-state index contributed by atoms with van der Waals surface area (Å²) in [6, 6.07) is 14.6. The molecule has 3 aromatic rings. The van der Waals surface area contributed by atoms with Crippen LogP contribution in [0.3, 0.4) is 0 Å². The molecule has 0 aliphatic carbocycles. The lowest BCUT2D eigenvalue weighted by Gasteiger charge is -2.18. The Bertz CT molecular complexity index is 888. The van der Waals surface area contributed by atoms with Crippen LogP contribution in [0.4, 0.5) is 5.13 Å². The molecule has 0 saturated heterocycles. The number of nitrogens with zero attached hydrogens (tertiary/aromatic N) is 1. The molecule has 2 amide bonds. The standard InChI is InChI=1S/C19H19N3O3S/c1-12(23)20-16(13-7-9-14(25-2)10-8-13)11-18(24)22-19-21-15-5-3-4-6-17(15)26-19/h3-10,16H,11H2,1-2H3,(H,20,23)(H,21,22,24). The van der Waals surface area contributed by atoms with E-state index in [0.29, 0.717) is 10.9 Å². The van der Waals surface area contributed by atoms with Gasteiger partial charge in [-0.25, -0.2) is 4.98 Å². The van der Waals surface area contributed by atoms with Crippen LogP contribution in [0.1, 0.15) is 24.9 Å². The van der Waals surface area contributed by atoms with Crippen molar-refractivity contribution in [2.45, 2.75) is 19.4 Å². The van der Waals surface area contributed by atoms with Gasteiger partial charge in [-0.15, -0.1) is 0 Å². The molecular formula is C19H19N3O3S. The van der Waals surface area contributed by atoms with E-state index in [-0.39, 0.29) is 18.2 Å². The van der Waals surface area contributed by atoms with Gasteiger partial charge in [-0.2, -0.15) is 0 Å². The Morgan fingerprint density at radius 2 is 1.88 bits per heavy atom. The van der Waals surface area contributed by atoms with Gasteiger partial charge in [-0.05, 0) is 29.8 Å². The lowest BCUT2D eigenvalue weighted by Crippen LogP contribution is -2.29. The summed E-state index contributed by atoms with van der Waals surface area (Å²) >= 11 is 1.42. The number of amides is 2. The summed E-state index contributed by atoms with van der Waals surface area (Å²) in [5.41, 5.74) is 1.68. The van der Waals surface area contributed by atoms with E-state index in [2.05, 4.69) is 15.6 Å². The third-order valence-electron chi connectivity index (χ3n) is 3.83. The molecule has 0 spiro atoms. The smallest absolute Gasteiger partial charge is 0.228 e. The highest BCUT2D eigenvalue weighted by molar-refractivity contribution is 7.22. The number of fused-ring (bicyclic) bond motifs is 1. The average molecular weight is 369 g/mol. The predicted molar refractivity (Wildman–Crippen MR) is 102 cm³/mol. The van der Waals surface area contributed by atoms with Gasteiger partial charge < -0.3 is 15.4 Å². The minimum absolute atomic E-state index is 0.113. The molecule has 0 radical (unpaired) electrons. The van der Waals surface area contributed by atoms with Crippen molar-refractivity contribution in [1.29, 1.82) is 0 Å². The normalized spacial score (nSPS) is 11.8. The fourth-order valence-corrected chi connectivity index (χ4v) is 3.50. The van der Waals surface area contributed by atoms with E-state index in [0.717, 1.165) is 15.8 Å². The third kappa shape index (κ3) is 4.37. The molecule has 6 nitrogen and oxygen atoms in total. The molecule has 134 valence electrons. The number of methoxy groups -OCH3 is 1. The summed E-state index contributed by atoms with van der Waals surface area (Å²) in [5, 5.41) is 6.19. The van der Waals surface area contributed by atoms with Crippen LogP contribution >= 0.6 is 11.3 Å². The molecule has 0 saturated carbocycles. The van der Waals surface area contributed by atoms with Crippen molar-refractivity contribution in [3.8, 4) is 5.75 Å². The van der Waals surface area contributed by atoms with Crippen LogP contribution in [0.25, 0.3) is 10.2 Å². The highest BCUT2D eigenvalue weighted by Crippen LogP contribution is 2.26. The molecular weight excluding hydrogens is 350 g/mol. The van der Waals surface area contributed by atoms with Gasteiger partial charge in [0.1, 0.15) is 5.75 Å². The third-order valence-corrected chi connectivity index (χ3v) is 4.78. The van der Waals surface area contributed by atoms with Gasteiger partial charge in [0.2, 0.25) is 11.8 Å². The molecule has 2 N–H and O–H groups in total. The molecule has 1 heterocycles. The first-order chi connectivity index (χ1) is 12.5. The highest BCUT2D eigenvalue weighted by Gasteiger charge is 2.18. The number of aromatic nitrogens is 1. The monoisotopic (exact) mass is 369 g/mol. The van der Waals surface area contributed by atoms with E-state index in [9.17, 15) is 9.59 Å². The van der Waals surface area contributed by atoms with Crippen LogP contribution in [-0.4, -0.2) is 23.9 Å². The number of para-hydroxylation sites is 1. The Morgan fingerprint density at radius 3 is 2.54 bits per heavy atom. The number of carbonyl (C=O) groups excluding carboxylic acids is 2. The summed E-state index contributed by atoms with van der Waals surface area (Å²) in [4.78, 5) is 28.4. The maximum Gasteiger partial charge on any atom is 0.228 e. The second-order valence-electron chi connectivity index (χ2n) is 5.77. The summed E-state index contributed by atoms with van der Waals surface area (Å²) in [7, 11) is 1.59. The summed E-state index contributed by atoms with van der Waals surface area (Å²) in [5.74, 6) is 0.312. The van der Waals surface area contributed by atoms with E-state index < -0.39 is 6.04 Å². The number of ether oxygens (including phenoxy) is 1. The van der Waals surface area contributed by atoms with Crippen molar-refractivity contribution in [1.82, 2.24) is 10.3 Å². The Hall–Kier alpha value is -2.93. The molecule has 0 bridgehead atoms. The fourth-order valence-electron chi connectivity index (χ4n) is 2.62. The van der Waals surface area contributed by atoms with Gasteiger partial charge in [0, 0.05) is 6.92 Å². The van der Waals surface area contributed by atoms with E-state index in [1.165, 1.54) is 18.3 Å². The SMILES string of the molecule is COc1ccc(C(CC(=O)Nc2nc3ccccc3s2)NC(C)=O)cc1. The van der Waals surface area contributed by atoms with E-state index in [4.69, 9.17) is 4.74 Å². The first kappa shape index (κ1) is 17.9. The maximum atomic E-state index is 12.5. The Morgan fingerprint density at radius 1 is 1.15 bits per heavy atom. The molecule has 2 aromatic carbocycles. The second-order valence-corrected chi connectivity index (χ2v) is 6.80. The van der Waals surface area contributed by atoms with Crippen molar-refractivity contribution >= 4 is 38.5 Å². The van der Waals surface area contributed by atoms with Gasteiger partial charge in [0.05, 0.1) is 29.8 Å². The maximum absolute atomic E-state index is 12.5. The molecule has 1 unspecified atom stereocenters. The predicted octanol–water partition coefficient (Wildman–Crippen LogP) is 3.51. The zero-order valence-electron chi connectivity index (χ0n) is 14.5. The van der Waals surface area contributed by atoms with Crippen molar-refractivity contribution < 1.29 is 14.3 Å². The summed E-state index contributed by atoms with van der Waals surface area (Å²) in [6.07, 6.45) is 0.113. The van der Waals surface area contributed by atoms with E-state index >= 15 is 0 Å². The van der Waals surface area contributed by atoms with Crippen LogP contribution < -0.4 is 15.4 Å². The second kappa shape index (κ2) is 7.97. The quantitative estimate of drug-likeness (QED) is 0.697. The zero-order chi connectivity index (χ0) is 18.5. The average Bonchev–Trinajstić information content (AvgIpc) is 3.03. The van der Waals surface area contributed by atoms with Crippen molar-refractivity contribution in [3.63, 3.8) is 0 Å². The Labute approximate surface area is 155 Å². The number of benzene rings is 2. The van der Waals surface area contributed by atoms with E-state index in [1.807, 2.05) is 36.4 Å². The number of rotatable bonds is 6. The summed E-state index contributed by atoms with van der Waals surface area (Å²) < 4.78 is 6.16. The first-order valence-electron chi connectivity index (χ1n) is 8.11. The highest BCUT2D eigenvalue weighted by atomic mass is 32.1. The van der Waals surface area contributed by atoms with E-state index in [1.54, 1.807) is 19.2 Å². The van der Waals surface area contributed by atoms with Crippen LogP contribution in [0, 0.1) is 0 Å². The molecule has 26 heavy (non-hydrogen) atoms. The number of hydrogen-bond acceptors (Lipinski definition) is 5. The molecule has 0 aliphatic rings. The van der Waals surface area contributed by atoms with Crippen LogP contribution in [-0.2, 0) is 9.59 Å². The minimum Gasteiger partial charge on any atom is -0.497 e. The summed E-state index contributed by atoms with van der Waals surface area (Å²) in [6.45, 7) is 1.43. The molecule has 0 aliphatic heterocycles. The van der Waals surface area contributed by atoms with Crippen LogP contribution in [0.5, 0.6) is 5.75 Å². The van der Waals surface area contributed by atoms with Crippen LogP contribution in [0.15, 0.2) is 48.5 Å². The topological polar surface area (TPSA) is 80.3 Å². The van der Waals surface area contributed by atoms with Gasteiger partial charge in [0.25, 0.3) is 0 Å². The largest absolute Gasteiger partial charge is 0.497 e. The molecule has 0 fully saturated rings. The molecule has 1 aromatic heterocycles. The lowest BCUT2D eigenvalue weighted by molar-refractivity contribution is -0.120. The minimum atomic E-state index is -0.423. The number of carbonyl (C=O) groups is 2. The fraction of sp³-hybridized carbons (Fsp3) is 0.211. The number of hydrogen-bond donors (Lipinski definition) is 2. The number of nitrogens with one attached hydrogen (secondary N) is 2. The van der Waals surface area contributed by atoms with Crippen molar-refractivity contribution in [3.05, 3.63) is 54.1 Å². The molecule has 7 heteroatoms. The van der Waals surface area contributed by atoms with Gasteiger partial charge in [-0.1, -0.05) is 35.6 Å². The molecule has 3 rings (SSSR count).